The molecule has 1 saturated heterocycles. The normalized spacial score (nSPS) is 17.9. The molecule has 0 spiro atoms. The zero-order valence-corrected chi connectivity index (χ0v) is 11.9. The minimum atomic E-state index is -0.443. The van der Waals surface area contributed by atoms with Gasteiger partial charge in [-0.15, -0.1) is 0 Å². The highest BCUT2D eigenvalue weighted by molar-refractivity contribution is 5.86. The maximum absolute atomic E-state index is 11.3. The van der Waals surface area contributed by atoms with E-state index in [0.717, 1.165) is 44.9 Å². The van der Waals surface area contributed by atoms with Crippen LogP contribution in [0.25, 0.3) is 0 Å². The quantitative estimate of drug-likeness (QED) is 0.796. The molecule has 6 heteroatoms. The third kappa shape index (κ3) is 4.06. The molecule has 0 radical (unpaired) electrons. The Bertz CT molecular complexity index is 433. The van der Waals surface area contributed by atoms with Gasteiger partial charge in [-0.05, 0) is 31.6 Å². The fourth-order valence-electron chi connectivity index (χ4n) is 2.44. The molecular formula is C14H22N2O4. The molecule has 0 unspecified atom stereocenters. The number of carbonyl (C=O) groups excluding carboxylic acids is 1. The van der Waals surface area contributed by atoms with Crippen molar-refractivity contribution >= 4 is 5.97 Å². The van der Waals surface area contributed by atoms with Crippen LogP contribution in [-0.2, 0) is 11.3 Å². The number of nitrogens with zero attached hydrogens (tertiary/aromatic N) is 2. The van der Waals surface area contributed by atoms with Crippen LogP contribution < -0.4 is 0 Å². The zero-order valence-electron chi connectivity index (χ0n) is 11.9. The molecule has 1 aliphatic heterocycles. The number of rotatable bonds is 5. The summed E-state index contributed by atoms with van der Waals surface area (Å²) in [6.07, 6.45) is 1.07. The van der Waals surface area contributed by atoms with E-state index in [1.165, 1.54) is 7.11 Å². The average Bonchev–Trinajstić information content (AvgIpc) is 2.80. The molecule has 2 heterocycles. The van der Waals surface area contributed by atoms with Gasteiger partial charge in [0.1, 0.15) is 5.76 Å². The first-order valence-electron chi connectivity index (χ1n) is 6.95. The summed E-state index contributed by atoms with van der Waals surface area (Å²) in [7, 11) is 1.34. The summed E-state index contributed by atoms with van der Waals surface area (Å²) in [5.41, 5.74) is 0. The highest BCUT2D eigenvalue weighted by Crippen LogP contribution is 2.13. The number of β-amino-alcohol motifs (C(OH)–C–C–N with tert-alkyl or cyclic N) is 1. The van der Waals surface area contributed by atoms with Gasteiger partial charge in [0, 0.05) is 19.6 Å². The van der Waals surface area contributed by atoms with Gasteiger partial charge in [-0.2, -0.15) is 0 Å². The average molecular weight is 282 g/mol. The second-order valence-corrected chi connectivity index (χ2v) is 4.95. The summed E-state index contributed by atoms with van der Waals surface area (Å²) in [6.45, 7) is 5.55. The van der Waals surface area contributed by atoms with E-state index >= 15 is 0 Å². The van der Waals surface area contributed by atoms with Crippen LogP contribution in [0.2, 0.25) is 0 Å². The number of ether oxygens (including phenoxy) is 1. The van der Waals surface area contributed by atoms with Crippen molar-refractivity contribution in [2.45, 2.75) is 13.0 Å². The van der Waals surface area contributed by atoms with Crippen LogP contribution >= 0.6 is 0 Å². The second kappa shape index (κ2) is 7.42. The molecular weight excluding hydrogens is 260 g/mol. The molecule has 1 aromatic heterocycles. The van der Waals surface area contributed by atoms with Crippen LogP contribution in [0.15, 0.2) is 16.5 Å². The Labute approximate surface area is 118 Å². The van der Waals surface area contributed by atoms with Gasteiger partial charge in [-0.25, -0.2) is 4.79 Å². The van der Waals surface area contributed by atoms with Crippen molar-refractivity contribution in [3.8, 4) is 0 Å². The topological polar surface area (TPSA) is 66.2 Å². The molecule has 0 aromatic carbocycles. The molecule has 0 atom stereocenters. The fraction of sp³-hybridized carbons (Fsp3) is 0.643. The summed E-state index contributed by atoms with van der Waals surface area (Å²) in [4.78, 5) is 15.9. The van der Waals surface area contributed by atoms with E-state index in [0.29, 0.717) is 6.54 Å². The van der Waals surface area contributed by atoms with Gasteiger partial charge in [-0.3, -0.25) is 9.80 Å². The SMILES string of the molecule is COC(=O)c1ccc(CN2CCCN(CCO)CC2)o1. The minimum Gasteiger partial charge on any atom is -0.463 e. The molecule has 0 amide bonds. The second-order valence-electron chi connectivity index (χ2n) is 4.95. The van der Waals surface area contributed by atoms with E-state index in [1.54, 1.807) is 6.07 Å². The van der Waals surface area contributed by atoms with Crippen LogP contribution in [0.5, 0.6) is 0 Å². The number of hydrogen-bond donors (Lipinski definition) is 1. The lowest BCUT2D eigenvalue weighted by atomic mass is 10.3. The highest BCUT2D eigenvalue weighted by atomic mass is 16.5. The van der Waals surface area contributed by atoms with Gasteiger partial charge in [0.25, 0.3) is 0 Å². The summed E-state index contributed by atoms with van der Waals surface area (Å²) in [5.74, 6) is 0.585. The predicted octanol–water partition coefficient (Wildman–Crippen LogP) is 0.566. The van der Waals surface area contributed by atoms with Crippen molar-refractivity contribution in [2.24, 2.45) is 0 Å². The third-order valence-corrected chi connectivity index (χ3v) is 3.53. The molecule has 112 valence electrons. The van der Waals surface area contributed by atoms with Gasteiger partial charge in [0.05, 0.1) is 20.3 Å². The van der Waals surface area contributed by atoms with Gasteiger partial charge in [-0.1, -0.05) is 0 Å². The van der Waals surface area contributed by atoms with Crippen LogP contribution in [0.1, 0.15) is 22.7 Å². The first-order chi connectivity index (χ1) is 9.72. The van der Waals surface area contributed by atoms with E-state index in [-0.39, 0.29) is 12.4 Å². The lowest BCUT2D eigenvalue weighted by Crippen LogP contribution is -2.32. The molecule has 1 aliphatic rings. The van der Waals surface area contributed by atoms with Crippen molar-refractivity contribution in [1.82, 2.24) is 9.80 Å². The molecule has 2 rings (SSSR count). The van der Waals surface area contributed by atoms with Gasteiger partial charge >= 0.3 is 5.97 Å². The molecule has 0 bridgehead atoms. The molecule has 1 aromatic rings. The van der Waals surface area contributed by atoms with E-state index in [4.69, 9.17) is 9.52 Å². The minimum absolute atomic E-state index is 0.209. The van der Waals surface area contributed by atoms with Crippen molar-refractivity contribution < 1.29 is 19.1 Å². The fourth-order valence-corrected chi connectivity index (χ4v) is 2.44. The van der Waals surface area contributed by atoms with Crippen molar-refractivity contribution in [1.29, 1.82) is 0 Å². The zero-order chi connectivity index (χ0) is 14.4. The number of aliphatic hydroxyl groups is 1. The summed E-state index contributed by atoms with van der Waals surface area (Å²) < 4.78 is 10.1. The lowest BCUT2D eigenvalue weighted by molar-refractivity contribution is 0.0561. The monoisotopic (exact) mass is 282 g/mol. The third-order valence-electron chi connectivity index (χ3n) is 3.53. The first kappa shape index (κ1) is 15.0. The smallest absolute Gasteiger partial charge is 0.373 e. The van der Waals surface area contributed by atoms with Gasteiger partial charge < -0.3 is 14.3 Å². The number of esters is 1. The van der Waals surface area contributed by atoms with Crippen LogP contribution in [0.3, 0.4) is 0 Å². The standard InChI is InChI=1S/C14H22N2O4/c1-19-14(18)13-4-3-12(20-13)11-16-6-2-5-15(7-8-16)9-10-17/h3-4,17H,2,5-11H2,1H3. The van der Waals surface area contributed by atoms with Crippen LogP contribution in [0.4, 0.5) is 0 Å². The lowest BCUT2D eigenvalue weighted by Gasteiger charge is -2.20. The number of hydrogen-bond acceptors (Lipinski definition) is 6. The predicted molar refractivity (Wildman–Crippen MR) is 73.5 cm³/mol. The molecule has 6 nitrogen and oxygen atoms in total. The maximum Gasteiger partial charge on any atom is 0.373 e. The van der Waals surface area contributed by atoms with E-state index in [9.17, 15) is 4.79 Å². The number of furan rings is 1. The number of carbonyl (C=O) groups is 1. The Morgan fingerprint density at radius 2 is 2.05 bits per heavy atom. The Balaban J connectivity index is 1.87. The molecule has 0 saturated carbocycles. The highest BCUT2D eigenvalue weighted by Gasteiger charge is 2.17. The number of aliphatic hydroxyl groups excluding tert-OH is 1. The van der Waals surface area contributed by atoms with Gasteiger partial charge in [0.2, 0.25) is 5.76 Å². The Morgan fingerprint density at radius 3 is 2.80 bits per heavy atom. The van der Waals surface area contributed by atoms with E-state index in [1.807, 2.05) is 6.07 Å². The first-order valence-corrected chi connectivity index (χ1v) is 6.95. The Hall–Kier alpha value is -1.37. The van der Waals surface area contributed by atoms with Crippen LogP contribution in [0, 0.1) is 0 Å². The van der Waals surface area contributed by atoms with Crippen molar-refractivity contribution in [3.63, 3.8) is 0 Å². The molecule has 0 aliphatic carbocycles. The molecule has 1 N–H and O–H groups in total. The van der Waals surface area contributed by atoms with Crippen LogP contribution in [-0.4, -0.2) is 67.3 Å². The summed E-state index contributed by atoms with van der Waals surface area (Å²) in [5, 5.41) is 8.98. The van der Waals surface area contributed by atoms with Gasteiger partial charge in [0.15, 0.2) is 0 Å². The van der Waals surface area contributed by atoms with E-state index < -0.39 is 5.97 Å². The number of methoxy groups -OCH3 is 1. The largest absolute Gasteiger partial charge is 0.463 e. The Morgan fingerprint density at radius 1 is 1.30 bits per heavy atom. The summed E-state index contributed by atoms with van der Waals surface area (Å²) >= 11 is 0. The maximum atomic E-state index is 11.3. The molecule has 20 heavy (non-hydrogen) atoms. The Kier molecular flexibility index (Phi) is 5.58. The summed E-state index contributed by atoms with van der Waals surface area (Å²) in [6, 6.07) is 3.47. The molecule has 1 fully saturated rings. The van der Waals surface area contributed by atoms with E-state index in [2.05, 4.69) is 14.5 Å². The van der Waals surface area contributed by atoms with Crippen molar-refractivity contribution in [3.05, 3.63) is 23.7 Å². The van der Waals surface area contributed by atoms with Crippen molar-refractivity contribution in [2.75, 3.05) is 46.4 Å².